The third kappa shape index (κ3) is 4.05. The lowest BCUT2D eigenvalue weighted by atomic mass is 10.1. The van der Waals surface area contributed by atoms with Gasteiger partial charge in [-0.3, -0.25) is 4.79 Å². The molecule has 2 aromatic rings. The minimum Gasteiger partial charge on any atom is -0.383 e. The number of hydrogen-bond donors (Lipinski definition) is 2. The Morgan fingerprint density at radius 2 is 2.28 bits per heavy atom. The zero-order valence-corrected chi connectivity index (χ0v) is 15.5. The van der Waals surface area contributed by atoms with E-state index in [0.29, 0.717) is 6.54 Å². The molecule has 5 nitrogen and oxygen atoms in total. The molecule has 0 radical (unpaired) electrons. The number of rotatable bonds is 7. The number of carbonyl (C=O) groups is 1. The van der Waals surface area contributed by atoms with E-state index in [4.69, 9.17) is 4.74 Å². The highest BCUT2D eigenvalue weighted by Gasteiger charge is 2.27. The Labute approximate surface area is 149 Å². The molecular formula is C20H29N3O2. The van der Waals surface area contributed by atoms with Crippen LogP contribution in [0.15, 0.2) is 18.2 Å². The molecule has 25 heavy (non-hydrogen) atoms. The van der Waals surface area contributed by atoms with Crippen molar-refractivity contribution in [2.45, 2.75) is 33.2 Å². The maximum Gasteiger partial charge on any atom is 0.224 e. The molecule has 1 aromatic carbocycles. The van der Waals surface area contributed by atoms with Crippen molar-refractivity contribution in [1.29, 1.82) is 0 Å². The average Bonchev–Trinajstić information content (AvgIpc) is 3.22. The summed E-state index contributed by atoms with van der Waals surface area (Å²) in [5.74, 6) is 0.265. The van der Waals surface area contributed by atoms with Crippen LogP contribution in [-0.4, -0.2) is 49.1 Å². The Balaban J connectivity index is 1.57. The van der Waals surface area contributed by atoms with E-state index in [0.717, 1.165) is 44.6 Å². The quantitative estimate of drug-likeness (QED) is 0.812. The summed E-state index contributed by atoms with van der Waals surface area (Å²) >= 11 is 0. The Bertz CT molecular complexity index is 738. The van der Waals surface area contributed by atoms with Crippen LogP contribution in [0.3, 0.4) is 0 Å². The number of methoxy groups -OCH3 is 1. The molecule has 1 atom stereocenters. The topological polar surface area (TPSA) is 57.4 Å². The smallest absolute Gasteiger partial charge is 0.224 e. The van der Waals surface area contributed by atoms with Crippen LogP contribution in [0.4, 0.5) is 0 Å². The maximum atomic E-state index is 12.4. The molecule has 1 aliphatic heterocycles. The van der Waals surface area contributed by atoms with E-state index in [-0.39, 0.29) is 11.8 Å². The molecule has 1 aromatic heterocycles. The first-order chi connectivity index (χ1) is 12.1. The molecule has 0 spiro atoms. The van der Waals surface area contributed by atoms with Gasteiger partial charge in [0.2, 0.25) is 5.91 Å². The van der Waals surface area contributed by atoms with E-state index >= 15 is 0 Å². The first kappa shape index (κ1) is 18.0. The molecular weight excluding hydrogens is 314 g/mol. The van der Waals surface area contributed by atoms with Gasteiger partial charge in [-0.25, -0.2) is 0 Å². The zero-order valence-electron chi connectivity index (χ0n) is 15.5. The van der Waals surface area contributed by atoms with Crippen LogP contribution in [0.2, 0.25) is 0 Å². The standard InChI is InChI=1S/C20H29N3O2/c1-4-18-14(2)17-11-15(5-6-19(17)22-18)12-21-20(24)16-7-8-23(13-16)9-10-25-3/h5-6,11,16,22H,4,7-10,12-13H2,1-3H3,(H,21,24)/t16-/m0/s1. The number of nitrogens with one attached hydrogen (secondary N) is 2. The first-order valence-electron chi connectivity index (χ1n) is 9.21. The molecule has 0 saturated carbocycles. The van der Waals surface area contributed by atoms with Gasteiger partial charge in [0.05, 0.1) is 12.5 Å². The van der Waals surface area contributed by atoms with E-state index in [1.165, 1.54) is 22.2 Å². The number of hydrogen-bond acceptors (Lipinski definition) is 3. The van der Waals surface area contributed by atoms with Crippen molar-refractivity contribution in [2.24, 2.45) is 5.92 Å². The fraction of sp³-hybridized carbons (Fsp3) is 0.550. The highest BCUT2D eigenvalue weighted by atomic mass is 16.5. The van der Waals surface area contributed by atoms with E-state index in [1.54, 1.807) is 7.11 Å². The molecule has 5 heteroatoms. The number of nitrogens with zero attached hydrogens (tertiary/aromatic N) is 1. The Morgan fingerprint density at radius 3 is 3.04 bits per heavy atom. The van der Waals surface area contributed by atoms with Gasteiger partial charge in [0.1, 0.15) is 0 Å². The number of benzene rings is 1. The Morgan fingerprint density at radius 1 is 1.44 bits per heavy atom. The predicted octanol–water partition coefficient (Wildman–Crippen LogP) is 2.62. The largest absolute Gasteiger partial charge is 0.383 e. The van der Waals surface area contributed by atoms with Crippen molar-refractivity contribution in [3.05, 3.63) is 35.0 Å². The van der Waals surface area contributed by atoms with Crippen LogP contribution in [0.1, 0.15) is 30.2 Å². The van der Waals surface area contributed by atoms with E-state index in [1.807, 2.05) is 0 Å². The number of carbonyl (C=O) groups excluding carboxylic acids is 1. The summed E-state index contributed by atoms with van der Waals surface area (Å²) in [6.45, 7) is 8.37. The van der Waals surface area contributed by atoms with E-state index in [2.05, 4.69) is 47.2 Å². The summed E-state index contributed by atoms with van der Waals surface area (Å²) < 4.78 is 5.11. The SMILES string of the molecule is CCc1[nH]c2ccc(CNC(=O)[C@H]3CCN(CCOC)C3)cc2c1C. The van der Waals surface area contributed by atoms with Crippen LogP contribution in [0.25, 0.3) is 10.9 Å². The summed E-state index contributed by atoms with van der Waals surface area (Å²) in [6, 6.07) is 6.41. The van der Waals surface area contributed by atoms with Crippen molar-refractivity contribution in [3.63, 3.8) is 0 Å². The fourth-order valence-electron chi connectivity index (χ4n) is 3.70. The number of aromatic nitrogens is 1. The van der Waals surface area contributed by atoms with Crippen molar-refractivity contribution in [3.8, 4) is 0 Å². The molecule has 0 aliphatic carbocycles. The number of ether oxygens (including phenoxy) is 1. The molecule has 2 heterocycles. The summed E-state index contributed by atoms with van der Waals surface area (Å²) in [6.07, 6.45) is 1.94. The van der Waals surface area contributed by atoms with Gasteiger partial charge in [-0.15, -0.1) is 0 Å². The fourth-order valence-corrected chi connectivity index (χ4v) is 3.70. The number of fused-ring (bicyclic) bond motifs is 1. The van der Waals surface area contributed by atoms with Crippen LogP contribution in [0, 0.1) is 12.8 Å². The van der Waals surface area contributed by atoms with Crippen molar-refractivity contribution < 1.29 is 9.53 Å². The normalized spacial score (nSPS) is 18.1. The van der Waals surface area contributed by atoms with Gasteiger partial charge in [-0.2, -0.15) is 0 Å². The minimum absolute atomic E-state index is 0.0984. The highest BCUT2D eigenvalue weighted by molar-refractivity contribution is 5.85. The van der Waals surface area contributed by atoms with Crippen molar-refractivity contribution in [2.75, 3.05) is 33.4 Å². The molecule has 1 amide bonds. The number of aryl methyl sites for hydroxylation is 2. The molecule has 0 bridgehead atoms. The molecule has 136 valence electrons. The first-order valence-corrected chi connectivity index (χ1v) is 9.21. The Hall–Kier alpha value is -1.85. The summed E-state index contributed by atoms with van der Waals surface area (Å²) in [5, 5.41) is 4.37. The second-order valence-corrected chi connectivity index (χ2v) is 6.96. The second kappa shape index (κ2) is 8.02. The number of likely N-dealkylation sites (tertiary alicyclic amines) is 1. The number of H-pyrrole nitrogens is 1. The minimum atomic E-state index is 0.0984. The van der Waals surface area contributed by atoms with E-state index < -0.39 is 0 Å². The molecule has 1 saturated heterocycles. The molecule has 0 unspecified atom stereocenters. The van der Waals surface area contributed by atoms with Gasteiger partial charge in [0.25, 0.3) is 0 Å². The van der Waals surface area contributed by atoms with Crippen LogP contribution in [-0.2, 0) is 22.5 Å². The lowest BCUT2D eigenvalue weighted by Crippen LogP contribution is -2.33. The number of aromatic amines is 1. The second-order valence-electron chi connectivity index (χ2n) is 6.96. The van der Waals surface area contributed by atoms with Gasteiger partial charge in [0.15, 0.2) is 0 Å². The van der Waals surface area contributed by atoms with Crippen LogP contribution < -0.4 is 5.32 Å². The molecule has 1 fully saturated rings. The third-order valence-corrected chi connectivity index (χ3v) is 5.30. The highest BCUT2D eigenvalue weighted by Crippen LogP contribution is 2.23. The van der Waals surface area contributed by atoms with Gasteiger partial charge in [-0.1, -0.05) is 13.0 Å². The monoisotopic (exact) mass is 343 g/mol. The van der Waals surface area contributed by atoms with E-state index in [9.17, 15) is 4.79 Å². The van der Waals surface area contributed by atoms with Gasteiger partial charge in [-0.05, 0) is 49.6 Å². The van der Waals surface area contributed by atoms with Crippen molar-refractivity contribution in [1.82, 2.24) is 15.2 Å². The molecule has 1 aliphatic rings. The van der Waals surface area contributed by atoms with Gasteiger partial charge in [0, 0.05) is 43.3 Å². The lowest BCUT2D eigenvalue weighted by Gasteiger charge is -2.15. The van der Waals surface area contributed by atoms with Crippen molar-refractivity contribution >= 4 is 16.8 Å². The summed E-state index contributed by atoms with van der Waals surface area (Å²) in [4.78, 5) is 18.2. The molecule has 2 N–H and O–H groups in total. The van der Waals surface area contributed by atoms with Gasteiger partial charge >= 0.3 is 0 Å². The van der Waals surface area contributed by atoms with Gasteiger partial charge < -0.3 is 19.9 Å². The van der Waals surface area contributed by atoms with Crippen LogP contribution in [0.5, 0.6) is 0 Å². The predicted molar refractivity (Wildman–Crippen MR) is 101 cm³/mol. The average molecular weight is 343 g/mol. The van der Waals surface area contributed by atoms with Crippen LogP contribution >= 0.6 is 0 Å². The Kier molecular flexibility index (Phi) is 5.76. The third-order valence-electron chi connectivity index (χ3n) is 5.30. The lowest BCUT2D eigenvalue weighted by molar-refractivity contribution is -0.124. The number of amides is 1. The molecule has 3 rings (SSSR count). The zero-order chi connectivity index (χ0) is 17.8. The summed E-state index contributed by atoms with van der Waals surface area (Å²) in [7, 11) is 1.72. The maximum absolute atomic E-state index is 12.4. The summed E-state index contributed by atoms with van der Waals surface area (Å²) in [5.41, 5.74) is 4.93.